The maximum absolute atomic E-state index is 6.69. The molecule has 3 aromatic carbocycles. The van der Waals surface area contributed by atoms with Crippen molar-refractivity contribution in [3.05, 3.63) is 94.5 Å². The molecule has 0 aromatic heterocycles. The molecule has 0 aliphatic carbocycles. The summed E-state index contributed by atoms with van der Waals surface area (Å²) >= 11 is 0. The summed E-state index contributed by atoms with van der Waals surface area (Å²) in [6.45, 7) is 20.9. The zero-order valence-electron chi connectivity index (χ0n) is 25.1. The number of hydrogen-bond donors (Lipinski definition) is 0. The minimum atomic E-state index is -0.0989. The first kappa shape index (κ1) is 30.1. The van der Waals surface area contributed by atoms with Crippen molar-refractivity contribution in [3.63, 3.8) is 0 Å². The fraction of sp³-hybridized carbons (Fsp3) is 0.457. The lowest BCUT2D eigenvalue weighted by Gasteiger charge is -2.35. The molecule has 3 aromatic rings. The zero-order chi connectivity index (χ0) is 28.0. The highest BCUT2D eigenvalue weighted by molar-refractivity contribution is 7.48. The number of aryl methyl sites for hydroxylation is 1. The lowest BCUT2D eigenvalue weighted by Crippen LogP contribution is -2.24. The van der Waals surface area contributed by atoms with Gasteiger partial charge in [-0.2, -0.15) is 0 Å². The van der Waals surface area contributed by atoms with E-state index < -0.39 is 0 Å². The summed E-state index contributed by atoms with van der Waals surface area (Å²) in [5, 5.41) is 1.31. The van der Waals surface area contributed by atoms with Crippen molar-refractivity contribution < 1.29 is 4.74 Å². The van der Waals surface area contributed by atoms with Crippen molar-refractivity contribution in [2.75, 3.05) is 0 Å². The van der Waals surface area contributed by atoms with Gasteiger partial charge < -0.3 is 4.74 Å². The second-order valence-electron chi connectivity index (χ2n) is 12.8. The fourth-order valence-electron chi connectivity index (χ4n) is 4.62. The molecule has 0 radical (unpaired) electrons. The van der Waals surface area contributed by atoms with E-state index in [1.165, 1.54) is 46.0 Å². The first-order valence-corrected chi connectivity index (χ1v) is 15.1. The van der Waals surface area contributed by atoms with Crippen LogP contribution in [0, 0.1) is 6.92 Å². The zero-order valence-corrected chi connectivity index (χ0v) is 26.1. The van der Waals surface area contributed by atoms with E-state index in [0.29, 0.717) is 15.2 Å². The largest absolute Gasteiger partial charge is 0.488 e. The van der Waals surface area contributed by atoms with Gasteiger partial charge in [0.15, 0.2) is 0 Å². The standard InChI is InChI=1S/C35H48NOP/c1-10-11-21-35(9,38-31-20-16-15-19-28(31)24-36-34(6,7)8)30-23-29(33(3,4)5)22-26(2)32(30)37-25-27-17-13-12-14-18-27/h12-20,22-24,38H,10-11,21,25H2,1-9H3. The molecule has 0 amide bonds. The second-order valence-corrected chi connectivity index (χ2v) is 14.7. The average molecular weight is 530 g/mol. The third-order valence-corrected chi connectivity index (χ3v) is 8.75. The van der Waals surface area contributed by atoms with Gasteiger partial charge in [-0.25, -0.2) is 0 Å². The Balaban J connectivity index is 2.14. The minimum Gasteiger partial charge on any atom is -0.488 e. The van der Waals surface area contributed by atoms with Crippen LogP contribution in [0.5, 0.6) is 5.75 Å². The van der Waals surface area contributed by atoms with E-state index in [-0.39, 0.29) is 16.1 Å². The number of aliphatic imine (C=N–C) groups is 1. The summed E-state index contributed by atoms with van der Waals surface area (Å²) in [5.41, 5.74) is 6.30. The minimum absolute atomic E-state index is 0.0558. The van der Waals surface area contributed by atoms with Crippen LogP contribution in [0.3, 0.4) is 0 Å². The number of benzene rings is 3. The van der Waals surface area contributed by atoms with Crippen molar-refractivity contribution >= 4 is 20.1 Å². The Hall–Kier alpha value is -2.44. The molecule has 0 N–H and O–H groups in total. The van der Waals surface area contributed by atoms with Crippen molar-refractivity contribution in [2.45, 2.75) is 104 Å². The average Bonchev–Trinajstić information content (AvgIpc) is 2.85. The molecule has 0 fully saturated rings. The van der Waals surface area contributed by atoms with E-state index in [1.54, 1.807) is 0 Å². The first-order valence-electron chi connectivity index (χ1n) is 14.1. The van der Waals surface area contributed by atoms with Gasteiger partial charge in [0.05, 0.1) is 5.54 Å². The van der Waals surface area contributed by atoms with E-state index in [0.717, 1.165) is 12.2 Å². The molecular weight excluding hydrogens is 481 g/mol. The van der Waals surface area contributed by atoms with Gasteiger partial charge in [-0.15, -0.1) is 0 Å². The van der Waals surface area contributed by atoms with Gasteiger partial charge in [0, 0.05) is 16.9 Å². The van der Waals surface area contributed by atoms with Crippen molar-refractivity contribution in [3.8, 4) is 5.75 Å². The Kier molecular flexibility index (Phi) is 9.99. The summed E-state index contributed by atoms with van der Waals surface area (Å²) in [5.74, 6) is 1.05. The number of nitrogens with zero attached hydrogens (tertiary/aromatic N) is 1. The maximum atomic E-state index is 6.69. The molecule has 0 saturated carbocycles. The van der Waals surface area contributed by atoms with Crippen LogP contribution in [0.4, 0.5) is 0 Å². The molecule has 204 valence electrons. The fourth-order valence-corrected chi connectivity index (χ4v) is 6.31. The maximum Gasteiger partial charge on any atom is 0.126 e. The van der Waals surface area contributed by atoms with Gasteiger partial charge in [-0.05, 0) is 67.1 Å². The van der Waals surface area contributed by atoms with Crippen LogP contribution in [-0.2, 0) is 17.2 Å². The van der Waals surface area contributed by atoms with E-state index in [1.807, 2.05) is 0 Å². The number of unbranched alkanes of at least 4 members (excludes halogenated alkanes) is 1. The molecule has 2 nitrogen and oxygen atoms in total. The van der Waals surface area contributed by atoms with E-state index in [4.69, 9.17) is 9.73 Å². The van der Waals surface area contributed by atoms with Crippen LogP contribution in [0.25, 0.3) is 0 Å². The van der Waals surface area contributed by atoms with Gasteiger partial charge >= 0.3 is 0 Å². The molecule has 0 aliphatic heterocycles. The van der Waals surface area contributed by atoms with Crippen LogP contribution in [-0.4, -0.2) is 11.8 Å². The molecule has 0 saturated heterocycles. The molecule has 2 atom stereocenters. The van der Waals surface area contributed by atoms with Crippen molar-refractivity contribution in [1.29, 1.82) is 0 Å². The van der Waals surface area contributed by atoms with Gasteiger partial charge in [0.25, 0.3) is 0 Å². The molecule has 0 spiro atoms. The van der Waals surface area contributed by atoms with E-state index in [9.17, 15) is 0 Å². The number of ether oxygens (including phenoxy) is 1. The highest BCUT2D eigenvalue weighted by Crippen LogP contribution is 2.50. The van der Waals surface area contributed by atoms with Gasteiger partial charge in [-0.3, -0.25) is 4.99 Å². The van der Waals surface area contributed by atoms with E-state index in [2.05, 4.69) is 135 Å². The summed E-state index contributed by atoms with van der Waals surface area (Å²) < 4.78 is 6.69. The van der Waals surface area contributed by atoms with Crippen LogP contribution >= 0.6 is 8.58 Å². The third-order valence-electron chi connectivity index (χ3n) is 6.95. The van der Waals surface area contributed by atoms with Gasteiger partial charge in [0.1, 0.15) is 12.4 Å². The second kappa shape index (κ2) is 12.6. The smallest absolute Gasteiger partial charge is 0.126 e. The molecule has 2 unspecified atom stereocenters. The number of hydrogen-bond acceptors (Lipinski definition) is 2. The summed E-state index contributed by atoms with van der Waals surface area (Å²) in [6.07, 6.45) is 5.54. The summed E-state index contributed by atoms with van der Waals surface area (Å²) in [6, 6.07) is 24.1. The van der Waals surface area contributed by atoms with Crippen LogP contribution in [0.15, 0.2) is 71.7 Å². The molecule has 3 rings (SSSR count). The molecule has 38 heavy (non-hydrogen) atoms. The summed E-state index contributed by atoms with van der Waals surface area (Å²) in [4.78, 5) is 4.85. The van der Waals surface area contributed by atoms with Crippen molar-refractivity contribution in [2.24, 2.45) is 4.99 Å². The van der Waals surface area contributed by atoms with Gasteiger partial charge in [0.2, 0.25) is 0 Å². The van der Waals surface area contributed by atoms with Crippen molar-refractivity contribution in [1.82, 2.24) is 0 Å². The molecule has 0 aliphatic rings. The van der Waals surface area contributed by atoms with E-state index >= 15 is 0 Å². The molecule has 3 heteroatoms. The highest BCUT2D eigenvalue weighted by atomic mass is 31.1. The first-order chi connectivity index (χ1) is 17.8. The Bertz CT molecular complexity index is 1220. The van der Waals surface area contributed by atoms with Crippen LogP contribution in [0.1, 0.15) is 102 Å². The normalized spacial score (nSPS) is 14.3. The lowest BCUT2D eigenvalue weighted by atomic mass is 9.82. The Morgan fingerprint density at radius 2 is 1.53 bits per heavy atom. The Labute approximate surface area is 234 Å². The predicted molar refractivity (Wildman–Crippen MR) is 169 cm³/mol. The van der Waals surface area contributed by atoms with Gasteiger partial charge in [-0.1, -0.05) is 123 Å². The quantitative estimate of drug-likeness (QED) is 0.189. The topological polar surface area (TPSA) is 21.6 Å². The van der Waals surface area contributed by atoms with Crippen LogP contribution < -0.4 is 10.0 Å². The molecule has 0 bridgehead atoms. The highest BCUT2D eigenvalue weighted by Gasteiger charge is 2.33. The summed E-state index contributed by atoms with van der Waals surface area (Å²) in [7, 11) is 0.600. The Morgan fingerprint density at radius 1 is 0.868 bits per heavy atom. The SMILES string of the molecule is CCCCC(C)(Pc1ccccc1C=NC(C)(C)C)c1cc(C(C)(C)C)cc(C)c1OCc1ccccc1. The Morgan fingerprint density at radius 3 is 2.16 bits per heavy atom. The predicted octanol–water partition coefficient (Wildman–Crippen LogP) is 9.50. The van der Waals surface area contributed by atoms with Crippen LogP contribution in [0.2, 0.25) is 0 Å². The third kappa shape index (κ3) is 8.28. The lowest BCUT2D eigenvalue weighted by molar-refractivity contribution is 0.296. The number of rotatable bonds is 10. The molecular formula is C35H48NOP. The molecule has 0 heterocycles. The monoisotopic (exact) mass is 529 g/mol.